The predicted molar refractivity (Wildman–Crippen MR) is 81.8 cm³/mol. The van der Waals surface area contributed by atoms with Crippen molar-refractivity contribution in [2.75, 3.05) is 18.5 Å². The fourth-order valence-corrected chi connectivity index (χ4v) is 1.99. The number of hydrogen-bond acceptors (Lipinski definition) is 5. The van der Waals surface area contributed by atoms with Gasteiger partial charge in [0.25, 0.3) is 0 Å². The van der Waals surface area contributed by atoms with Gasteiger partial charge in [0.15, 0.2) is 11.5 Å². The van der Waals surface area contributed by atoms with Crippen molar-refractivity contribution >= 4 is 27.4 Å². The third-order valence-electron chi connectivity index (χ3n) is 2.45. The molecule has 2 rings (SSSR count). The minimum atomic E-state index is 0.586. The molecule has 0 unspecified atom stereocenters. The first-order chi connectivity index (χ1) is 9.72. The van der Waals surface area contributed by atoms with E-state index in [2.05, 4.69) is 31.2 Å². The van der Waals surface area contributed by atoms with Gasteiger partial charge in [-0.2, -0.15) is 0 Å². The fourth-order valence-electron chi connectivity index (χ4n) is 1.68. The van der Waals surface area contributed by atoms with Crippen LogP contribution in [0.15, 0.2) is 35.2 Å². The zero-order chi connectivity index (χ0) is 14.4. The van der Waals surface area contributed by atoms with Crippen LogP contribution in [0.3, 0.4) is 0 Å². The molecule has 0 saturated carbocycles. The largest absolute Gasteiger partial charge is 0.490 e. The minimum Gasteiger partial charge on any atom is -0.490 e. The standard InChI is InChI=1S/C14H16BrN3O2/c1-3-19-11-6-5-10(7-12(11)20-4-2)18-14-8-13(15)16-9-17-14/h5-9H,3-4H2,1-2H3,(H,16,17,18). The summed E-state index contributed by atoms with van der Waals surface area (Å²) >= 11 is 3.31. The lowest BCUT2D eigenvalue weighted by atomic mass is 10.2. The molecule has 6 heteroatoms. The normalized spacial score (nSPS) is 10.2. The Morgan fingerprint density at radius 3 is 2.50 bits per heavy atom. The zero-order valence-corrected chi connectivity index (χ0v) is 13.0. The lowest BCUT2D eigenvalue weighted by Gasteiger charge is -2.13. The number of hydrogen-bond donors (Lipinski definition) is 1. The summed E-state index contributed by atoms with van der Waals surface area (Å²) in [5, 5.41) is 3.20. The van der Waals surface area contributed by atoms with E-state index in [1.165, 1.54) is 6.33 Å². The molecule has 0 saturated heterocycles. The molecule has 0 aliphatic heterocycles. The van der Waals surface area contributed by atoms with Crippen molar-refractivity contribution in [3.63, 3.8) is 0 Å². The van der Waals surface area contributed by atoms with Gasteiger partial charge >= 0.3 is 0 Å². The van der Waals surface area contributed by atoms with Crippen LogP contribution in [0, 0.1) is 0 Å². The van der Waals surface area contributed by atoms with E-state index in [1.807, 2.05) is 32.0 Å². The van der Waals surface area contributed by atoms with E-state index < -0.39 is 0 Å². The van der Waals surface area contributed by atoms with Gasteiger partial charge in [-0.25, -0.2) is 9.97 Å². The fraction of sp³-hybridized carbons (Fsp3) is 0.286. The van der Waals surface area contributed by atoms with E-state index >= 15 is 0 Å². The second-order valence-electron chi connectivity index (χ2n) is 3.88. The molecule has 0 atom stereocenters. The maximum absolute atomic E-state index is 5.58. The molecule has 0 amide bonds. The Morgan fingerprint density at radius 1 is 1.05 bits per heavy atom. The van der Waals surface area contributed by atoms with E-state index in [-0.39, 0.29) is 0 Å². The van der Waals surface area contributed by atoms with Crippen molar-refractivity contribution in [3.8, 4) is 11.5 Å². The second kappa shape index (κ2) is 7.09. The van der Waals surface area contributed by atoms with Crippen molar-refractivity contribution in [1.29, 1.82) is 0 Å². The molecule has 2 aromatic rings. The van der Waals surface area contributed by atoms with Crippen molar-refractivity contribution in [2.45, 2.75) is 13.8 Å². The molecule has 0 aliphatic rings. The summed E-state index contributed by atoms with van der Waals surface area (Å²) in [7, 11) is 0. The maximum Gasteiger partial charge on any atom is 0.163 e. The lowest BCUT2D eigenvalue weighted by molar-refractivity contribution is 0.288. The first kappa shape index (κ1) is 14.6. The number of nitrogens with one attached hydrogen (secondary N) is 1. The predicted octanol–water partition coefficient (Wildman–Crippen LogP) is 3.78. The highest BCUT2D eigenvalue weighted by atomic mass is 79.9. The van der Waals surface area contributed by atoms with Crippen LogP contribution in [0.2, 0.25) is 0 Å². The number of ether oxygens (including phenoxy) is 2. The van der Waals surface area contributed by atoms with E-state index in [4.69, 9.17) is 9.47 Å². The van der Waals surface area contributed by atoms with Gasteiger partial charge in [-0.1, -0.05) is 0 Å². The number of aromatic nitrogens is 2. The lowest BCUT2D eigenvalue weighted by Crippen LogP contribution is -2.00. The summed E-state index contributed by atoms with van der Waals surface area (Å²) in [5.41, 5.74) is 0.877. The molecule has 0 aliphatic carbocycles. The number of benzene rings is 1. The van der Waals surface area contributed by atoms with Gasteiger partial charge in [0.05, 0.1) is 13.2 Å². The first-order valence-corrected chi connectivity index (χ1v) is 7.16. The Hall–Kier alpha value is -1.82. The SMILES string of the molecule is CCOc1ccc(Nc2cc(Br)ncn2)cc1OCC. The summed E-state index contributed by atoms with van der Waals surface area (Å²) in [5.74, 6) is 2.16. The smallest absolute Gasteiger partial charge is 0.163 e. The van der Waals surface area contributed by atoms with Crippen molar-refractivity contribution in [2.24, 2.45) is 0 Å². The number of nitrogens with zero attached hydrogens (tertiary/aromatic N) is 2. The molecule has 5 nitrogen and oxygen atoms in total. The van der Waals surface area contributed by atoms with Crippen LogP contribution in [0.4, 0.5) is 11.5 Å². The summed E-state index contributed by atoms with van der Waals surface area (Å²) in [6.07, 6.45) is 1.49. The average molecular weight is 338 g/mol. The van der Waals surface area contributed by atoms with Gasteiger partial charge in [0.2, 0.25) is 0 Å². The molecular formula is C14H16BrN3O2. The Kier molecular flexibility index (Phi) is 5.17. The van der Waals surface area contributed by atoms with Crippen LogP contribution in [-0.2, 0) is 0 Å². The number of anilines is 2. The van der Waals surface area contributed by atoms with E-state index in [9.17, 15) is 0 Å². The van der Waals surface area contributed by atoms with Crippen LogP contribution in [-0.4, -0.2) is 23.2 Å². The molecular weight excluding hydrogens is 322 g/mol. The molecule has 106 valence electrons. The first-order valence-electron chi connectivity index (χ1n) is 6.37. The summed E-state index contributed by atoms with van der Waals surface area (Å²) in [6, 6.07) is 7.50. The highest BCUT2D eigenvalue weighted by Gasteiger charge is 2.07. The van der Waals surface area contributed by atoms with Crippen LogP contribution in [0.1, 0.15) is 13.8 Å². The maximum atomic E-state index is 5.58. The zero-order valence-electron chi connectivity index (χ0n) is 11.4. The van der Waals surface area contributed by atoms with Gasteiger partial charge in [0, 0.05) is 17.8 Å². The minimum absolute atomic E-state index is 0.586. The summed E-state index contributed by atoms with van der Waals surface area (Å²) < 4.78 is 11.8. The molecule has 0 bridgehead atoms. The summed E-state index contributed by atoms with van der Waals surface area (Å²) in [4.78, 5) is 8.13. The molecule has 1 aromatic heterocycles. The molecule has 1 heterocycles. The van der Waals surface area contributed by atoms with Crippen LogP contribution >= 0.6 is 15.9 Å². The highest BCUT2D eigenvalue weighted by Crippen LogP contribution is 2.31. The van der Waals surface area contributed by atoms with E-state index in [0.29, 0.717) is 24.8 Å². The Labute approximate surface area is 126 Å². The third-order valence-corrected chi connectivity index (χ3v) is 2.88. The molecule has 20 heavy (non-hydrogen) atoms. The Balaban J connectivity index is 2.22. The number of halogens is 1. The van der Waals surface area contributed by atoms with Crippen molar-refractivity contribution in [3.05, 3.63) is 35.2 Å². The molecule has 1 N–H and O–H groups in total. The van der Waals surface area contributed by atoms with Gasteiger partial charge in [0.1, 0.15) is 16.7 Å². The number of rotatable bonds is 6. The van der Waals surface area contributed by atoms with Gasteiger partial charge < -0.3 is 14.8 Å². The molecule has 0 spiro atoms. The third kappa shape index (κ3) is 3.84. The van der Waals surface area contributed by atoms with Crippen LogP contribution < -0.4 is 14.8 Å². The quantitative estimate of drug-likeness (QED) is 0.813. The van der Waals surface area contributed by atoms with Crippen molar-refractivity contribution in [1.82, 2.24) is 9.97 Å². The highest BCUT2D eigenvalue weighted by molar-refractivity contribution is 9.10. The monoisotopic (exact) mass is 337 g/mol. The van der Waals surface area contributed by atoms with Crippen LogP contribution in [0.5, 0.6) is 11.5 Å². The summed E-state index contributed by atoms with van der Waals surface area (Å²) in [6.45, 7) is 5.08. The molecule has 1 aromatic carbocycles. The molecule has 0 radical (unpaired) electrons. The Morgan fingerprint density at radius 2 is 1.80 bits per heavy atom. The average Bonchev–Trinajstić information content (AvgIpc) is 2.42. The van der Waals surface area contributed by atoms with Gasteiger partial charge in [-0.3, -0.25) is 0 Å². The second-order valence-corrected chi connectivity index (χ2v) is 4.69. The van der Waals surface area contributed by atoms with Crippen molar-refractivity contribution < 1.29 is 9.47 Å². The van der Waals surface area contributed by atoms with Gasteiger partial charge in [-0.05, 0) is 41.9 Å². The molecule has 0 fully saturated rings. The van der Waals surface area contributed by atoms with E-state index in [1.54, 1.807) is 6.07 Å². The van der Waals surface area contributed by atoms with Gasteiger partial charge in [-0.15, -0.1) is 0 Å². The van der Waals surface area contributed by atoms with Crippen LogP contribution in [0.25, 0.3) is 0 Å². The topological polar surface area (TPSA) is 56.3 Å². The Bertz CT molecular complexity index is 578. The van der Waals surface area contributed by atoms with E-state index in [0.717, 1.165) is 16.0 Å².